The van der Waals surface area contributed by atoms with Crippen LogP contribution in [-0.4, -0.2) is 207 Å². The number of rotatable bonds is 73. The largest absolute Gasteiger partial charge is 0.508 e. The fourth-order valence-corrected chi connectivity index (χ4v) is 14.7. The number of nitrogens with zero attached hydrogens (tertiary/aromatic N) is 1. The molecule has 8 amide bonds. The molecule has 1 rings (SSSR count). The molecular formula is C83H141N13O19S2. The van der Waals surface area contributed by atoms with Crippen molar-refractivity contribution in [3.63, 3.8) is 0 Å². The number of nitrogens with two attached hydrogens (primary N) is 6. The molecule has 0 saturated heterocycles. The number of guanidine groups is 1. The summed E-state index contributed by atoms with van der Waals surface area (Å²) in [6.45, 7) is 5.98. The van der Waals surface area contributed by atoms with Crippen LogP contribution in [0.2, 0.25) is 0 Å². The fourth-order valence-electron chi connectivity index (χ4n) is 13.7. The maximum Gasteiger partial charge on any atom is 0.305 e. The predicted octanol–water partition coefficient (Wildman–Crippen LogP) is 4.87. The summed E-state index contributed by atoms with van der Waals surface area (Å²) in [7, 11) is 0. The molecule has 32 nitrogen and oxygen atoms in total. The third-order valence-electron chi connectivity index (χ3n) is 20.6. The number of Topliss-reactive ketones (excluding diaryl/α,β-unsaturated/α-hetero) is 6. The molecule has 0 fully saturated rings. The topological polar surface area (TPSA) is 578 Å². The Morgan fingerprint density at radius 3 is 1.39 bits per heavy atom. The lowest BCUT2D eigenvalue weighted by Gasteiger charge is -2.27. The summed E-state index contributed by atoms with van der Waals surface area (Å²) in [6.07, 6.45) is 15.0. The molecule has 22 N–H and O–H groups in total. The van der Waals surface area contributed by atoms with Crippen molar-refractivity contribution in [3.05, 3.63) is 29.8 Å². The van der Waals surface area contributed by atoms with Gasteiger partial charge in [0, 0.05) is 81.6 Å². The number of thioether (sulfide) groups is 2. The lowest BCUT2D eigenvalue weighted by Crippen LogP contribution is -2.51. The van der Waals surface area contributed by atoms with Gasteiger partial charge in [-0.3, -0.25) is 76.9 Å². The van der Waals surface area contributed by atoms with Crippen LogP contribution in [0.5, 0.6) is 5.75 Å². The Morgan fingerprint density at radius 2 is 0.897 bits per heavy atom. The van der Waals surface area contributed by atoms with Crippen LogP contribution < -0.4 is 66.3 Å². The first-order valence-electron chi connectivity index (χ1n) is 41.9. The molecular weight excluding hydrogens is 1550 g/mol. The second-order valence-corrected chi connectivity index (χ2v) is 33.3. The van der Waals surface area contributed by atoms with Crippen molar-refractivity contribution >= 4 is 117 Å². The molecule has 12 atom stereocenters. The normalized spacial score (nSPS) is 14.4. The predicted molar refractivity (Wildman–Crippen MR) is 453 cm³/mol. The third-order valence-corrected chi connectivity index (χ3v) is 21.9. The van der Waals surface area contributed by atoms with Crippen LogP contribution in [0.3, 0.4) is 0 Å². The van der Waals surface area contributed by atoms with E-state index >= 15 is 0 Å². The van der Waals surface area contributed by atoms with Crippen LogP contribution in [0.1, 0.15) is 252 Å². The molecule has 0 radical (unpaired) electrons. The molecule has 0 bridgehead atoms. The van der Waals surface area contributed by atoms with Gasteiger partial charge in [0.1, 0.15) is 17.6 Å². The summed E-state index contributed by atoms with van der Waals surface area (Å²) in [6, 6.07) is -1.25. The van der Waals surface area contributed by atoms with E-state index in [0.717, 1.165) is 25.7 Å². The zero-order chi connectivity index (χ0) is 87.8. The number of carboxylic acid groups (broad SMARTS) is 1. The summed E-state index contributed by atoms with van der Waals surface area (Å²) in [4.78, 5) is 210. The van der Waals surface area contributed by atoms with Crippen molar-refractivity contribution in [1.82, 2.24) is 31.9 Å². The number of hydrogen-bond acceptors (Lipinski definition) is 23. The number of unbranched alkanes of at least 4 members (excludes halogenated alkanes) is 14. The van der Waals surface area contributed by atoms with Gasteiger partial charge in [-0.2, -0.15) is 23.5 Å². The molecule has 0 unspecified atom stereocenters. The Morgan fingerprint density at radius 1 is 0.453 bits per heavy atom. The number of aliphatic carboxylic acids is 1. The SMILES string of the molecule is CCCCCCCCCCCCCCCC(=O)C[C@@H](CCSC)C(=O)NCC(=O)C[C@@H](Cc1ccc(O)cc1)C(=O)N[C@H](CCC(N)=O)C(=O)C[C@@H](CCCCN)C(=O)N[C@@H](CCCCN)C(=O)C[C@@H](CC(C)C)C(=O)N[C@@H](CCCN=C(N)N)C(=O)C[C@@H](CO)C(=O)N[C@@H](CCSC)C(=O)C[C@H](C(=O)N[C@@H](CC(=O)O)C(N)=O)[C@@H](C)O. The van der Waals surface area contributed by atoms with E-state index in [4.69, 9.17) is 34.4 Å². The number of amides is 8. The van der Waals surface area contributed by atoms with Gasteiger partial charge in [-0.1, -0.05) is 116 Å². The smallest absolute Gasteiger partial charge is 0.305 e. The Balaban J connectivity index is 3.60. The highest BCUT2D eigenvalue weighted by Gasteiger charge is 2.38. The van der Waals surface area contributed by atoms with Gasteiger partial charge >= 0.3 is 5.97 Å². The van der Waals surface area contributed by atoms with Crippen molar-refractivity contribution in [3.8, 4) is 5.75 Å². The first-order chi connectivity index (χ1) is 55.6. The molecule has 1 aromatic rings. The number of primary amides is 2. The molecule has 0 aromatic heterocycles. The lowest BCUT2D eigenvalue weighted by atomic mass is 9.87. The van der Waals surface area contributed by atoms with Crippen LogP contribution in [0.25, 0.3) is 0 Å². The Kier molecular flexibility index (Phi) is 57.8. The number of phenols is 1. The second kappa shape index (κ2) is 63.2. The van der Waals surface area contributed by atoms with Gasteiger partial charge in [-0.15, -0.1) is 0 Å². The second-order valence-electron chi connectivity index (χ2n) is 31.3. The average Bonchev–Trinajstić information content (AvgIpc) is 0.860. The molecule has 0 aliphatic carbocycles. The number of aliphatic hydroxyl groups is 2. The summed E-state index contributed by atoms with van der Waals surface area (Å²) >= 11 is 2.82. The van der Waals surface area contributed by atoms with Crippen LogP contribution in [-0.2, 0) is 78.3 Å². The van der Waals surface area contributed by atoms with Crippen LogP contribution in [0.15, 0.2) is 29.3 Å². The molecule has 1 aromatic carbocycles. The fraction of sp³-hybridized carbons (Fsp3) is 0.735. The van der Waals surface area contributed by atoms with Gasteiger partial charge in [0.2, 0.25) is 47.3 Å². The minimum atomic E-state index is -1.69. The molecule has 0 heterocycles. The van der Waals surface area contributed by atoms with Crippen molar-refractivity contribution in [2.75, 3.05) is 56.8 Å². The van der Waals surface area contributed by atoms with E-state index in [-0.39, 0.29) is 107 Å². The van der Waals surface area contributed by atoms with E-state index in [0.29, 0.717) is 49.8 Å². The van der Waals surface area contributed by atoms with E-state index in [1.165, 1.54) is 100 Å². The van der Waals surface area contributed by atoms with Crippen molar-refractivity contribution in [1.29, 1.82) is 0 Å². The van der Waals surface area contributed by atoms with Gasteiger partial charge in [0.15, 0.2) is 34.9 Å². The van der Waals surface area contributed by atoms with Crippen molar-refractivity contribution in [2.24, 2.45) is 80.8 Å². The highest BCUT2D eigenvalue weighted by Crippen LogP contribution is 2.26. The minimum absolute atomic E-state index is 0.0157. The van der Waals surface area contributed by atoms with Crippen LogP contribution in [0.4, 0.5) is 0 Å². The molecule has 0 aliphatic rings. The Hall–Kier alpha value is -7.92. The van der Waals surface area contributed by atoms with E-state index in [9.17, 15) is 92.3 Å². The molecule has 117 heavy (non-hydrogen) atoms. The zero-order valence-corrected chi connectivity index (χ0v) is 71.8. The molecule has 34 heteroatoms. The number of phenolic OH excluding ortho intramolecular Hbond substituents is 1. The average molecular weight is 1690 g/mol. The highest BCUT2D eigenvalue weighted by atomic mass is 32.2. The van der Waals surface area contributed by atoms with Gasteiger partial charge in [0.05, 0.1) is 61.7 Å². The number of aromatic hydroxyl groups is 1. The lowest BCUT2D eigenvalue weighted by molar-refractivity contribution is -0.141. The number of nitrogens with one attached hydrogen (secondary N) is 6. The first kappa shape index (κ1) is 107. The van der Waals surface area contributed by atoms with Gasteiger partial charge in [-0.05, 0) is 151 Å². The van der Waals surface area contributed by atoms with Crippen LogP contribution >= 0.6 is 23.5 Å². The maximum absolute atomic E-state index is 14.9. The summed E-state index contributed by atoms with van der Waals surface area (Å²) in [5.41, 5.74) is 34.4. The molecule has 664 valence electrons. The van der Waals surface area contributed by atoms with Gasteiger partial charge in [0.25, 0.3) is 0 Å². The van der Waals surface area contributed by atoms with Crippen molar-refractivity contribution in [2.45, 2.75) is 289 Å². The Bertz CT molecular complexity index is 3250. The Labute approximate surface area is 700 Å². The molecule has 0 aliphatic heterocycles. The number of ketones is 6. The third kappa shape index (κ3) is 48.7. The van der Waals surface area contributed by atoms with Gasteiger partial charge < -0.3 is 86.7 Å². The van der Waals surface area contributed by atoms with Gasteiger partial charge in [-0.25, -0.2) is 0 Å². The van der Waals surface area contributed by atoms with Crippen LogP contribution in [0, 0.1) is 41.4 Å². The minimum Gasteiger partial charge on any atom is -0.508 e. The number of benzene rings is 1. The molecule has 0 saturated carbocycles. The van der Waals surface area contributed by atoms with E-state index < -0.39 is 212 Å². The number of carboxylic acids is 1. The number of carbonyl (C=O) groups is 15. The summed E-state index contributed by atoms with van der Waals surface area (Å²) in [5, 5.41) is 56.3. The monoisotopic (exact) mass is 1690 g/mol. The maximum atomic E-state index is 14.9. The van der Waals surface area contributed by atoms with Crippen molar-refractivity contribution < 1.29 is 92.3 Å². The number of aliphatic hydroxyl groups excluding tert-OH is 2. The highest BCUT2D eigenvalue weighted by molar-refractivity contribution is 7.98. The number of hydrogen-bond donors (Lipinski definition) is 16. The zero-order valence-electron chi connectivity index (χ0n) is 70.2. The number of carbonyl (C=O) groups excluding carboxylic acids is 14. The molecule has 0 spiro atoms. The van der Waals surface area contributed by atoms with E-state index in [2.05, 4.69) is 43.8 Å². The standard InChI is InChI=1S/C83H141N13O19S2/c1-7-8-9-10-11-12-13-14-15-16-17-18-19-26-62(100)44-57(35-40-116-5)77(110)91-51-63(101)45-59(43-55-29-31-61(99)32-30-55)80(113)94-67(33-34-74(86)106)70(102)46-56(25-20-22-37-84)78(111)92-65(27-21-23-38-85)71(103)47-58(42-53(2)3)79(112)93-66(28-24-39-90-83(88)89)72(104)48-60(52-97)81(114)95-68(36-41-117-6)73(105)49-64(54(4)98)82(115)96-69(76(87)109)50-75(107)108/h29-32,53-54,56-60,64-69,97-99H,7-28,33-52,84-85H2,1-6H3,(H2,86,106)(H2,87,109)(H,91,110)(H,92,111)(H,93,112)(H,94,113)(H,95,114)(H,96,115)(H,107,108)(H4,88,89,90)/t54-,56-,57-,58-,59-,60+,64+,65+,66+,67-,68+,69+/m1/s1. The first-order valence-corrected chi connectivity index (χ1v) is 44.7. The summed E-state index contributed by atoms with van der Waals surface area (Å²) in [5.74, 6) is -18.7. The number of aliphatic imine (C=N–C) groups is 1. The van der Waals surface area contributed by atoms with E-state index in [1.807, 2.05) is 6.26 Å². The summed E-state index contributed by atoms with van der Waals surface area (Å²) < 4.78 is 0. The van der Waals surface area contributed by atoms with E-state index in [1.54, 1.807) is 32.2 Å². The quantitative estimate of drug-likeness (QED) is 0.0235.